The first-order valence-electron chi connectivity index (χ1n) is 8.55. The molecule has 0 fully saturated rings. The first kappa shape index (κ1) is 20.2. The molecule has 0 aliphatic rings. The Balaban J connectivity index is 2.03. The maximum absolute atomic E-state index is 15.1. The standard InChI is InChI=1S/C19H18ClFN4O2S/c1-9(2)18(27)22-7-11-4-5-12(20)15(16(11)21)17-24-13(6-14(26)25-17)19-23-10(3)8-28-19/h4-6,8-9H,7H2,1-3H3,(H,22,27)(H,24,25,26). The van der Waals surface area contributed by atoms with Crippen molar-refractivity contribution in [1.29, 1.82) is 0 Å². The number of halogens is 2. The van der Waals surface area contributed by atoms with Gasteiger partial charge >= 0.3 is 0 Å². The van der Waals surface area contributed by atoms with Gasteiger partial charge in [0.05, 0.1) is 10.6 Å². The Morgan fingerprint density at radius 3 is 2.75 bits per heavy atom. The van der Waals surface area contributed by atoms with E-state index in [1.54, 1.807) is 13.8 Å². The maximum Gasteiger partial charge on any atom is 0.251 e. The molecule has 0 aliphatic heterocycles. The SMILES string of the molecule is Cc1csc(-c2cc(=O)[nH]c(-c3c(Cl)ccc(CNC(=O)C(C)C)c3F)n2)n1. The number of aromatic amines is 1. The Labute approximate surface area is 169 Å². The minimum Gasteiger partial charge on any atom is -0.352 e. The highest BCUT2D eigenvalue weighted by Crippen LogP contribution is 2.31. The van der Waals surface area contributed by atoms with Crippen LogP contribution >= 0.6 is 22.9 Å². The first-order valence-corrected chi connectivity index (χ1v) is 9.81. The molecule has 0 bridgehead atoms. The van der Waals surface area contributed by atoms with Crippen molar-refractivity contribution in [3.8, 4) is 22.1 Å². The summed E-state index contributed by atoms with van der Waals surface area (Å²) in [4.78, 5) is 35.1. The lowest BCUT2D eigenvalue weighted by Gasteiger charge is -2.12. The second kappa shape index (κ2) is 8.20. The number of rotatable bonds is 5. The second-order valence-electron chi connectivity index (χ2n) is 6.54. The number of hydrogen-bond donors (Lipinski definition) is 2. The quantitative estimate of drug-likeness (QED) is 0.654. The molecule has 3 rings (SSSR count). The number of hydrogen-bond acceptors (Lipinski definition) is 5. The van der Waals surface area contributed by atoms with E-state index < -0.39 is 11.4 Å². The van der Waals surface area contributed by atoms with Gasteiger partial charge in [0.2, 0.25) is 5.91 Å². The van der Waals surface area contributed by atoms with E-state index in [-0.39, 0.29) is 40.3 Å². The Hall–Kier alpha value is -2.58. The Morgan fingerprint density at radius 1 is 1.36 bits per heavy atom. The van der Waals surface area contributed by atoms with E-state index in [2.05, 4.69) is 20.3 Å². The summed E-state index contributed by atoms with van der Waals surface area (Å²) in [6, 6.07) is 4.31. The first-order chi connectivity index (χ1) is 13.3. The van der Waals surface area contributed by atoms with E-state index in [4.69, 9.17) is 11.6 Å². The zero-order valence-electron chi connectivity index (χ0n) is 15.5. The third kappa shape index (κ3) is 4.28. The molecule has 9 heteroatoms. The van der Waals surface area contributed by atoms with Crippen molar-refractivity contribution < 1.29 is 9.18 Å². The molecule has 6 nitrogen and oxygen atoms in total. The number of nitrogens with one attached hydrogen (secondary N) is 2. The Bertz CT molecular complexity index is 1090. The maximum atomic E-state index is 15.1. The van der Waals surface area contributed by atoms with Crippen LogP contribution in [0.2, 0.25) is 5.02 Å². The molecule has 0 saturated carbocycles. The van der Waals surface area contributed by atoms with E-state index in [1.165, 1.54) is 29.5 Å². The average molecular weight is 421 g/mol. The fourth-order valence-corrected chi connectivity index (χ4v) is 3.49. The van der Waals surface area contributed by atoms with Crippen molar-refractivity contribution in [2.75, 3.05) is 0 Å². The number of thiazole rings is 1. The van der Waals surface area contributed by atoms with Crippen LogP contribution in [0.3, 0.4) is 0 Å². The van der Waals surface area contributed by atoms with Gasteiger partial charge in [0.15, 0.2) is 0 Å². The summed E-state index contributed by atoms with van der Waals surface area (Å²) >= 11 is 7.54. The van der Waals surface area contributed by atoms with Crippen molar-refractivity contribution in [3.05, 3.63) is 56.0 Å². The van der Waals surface area contributed by atoms with E-state index in [0.717, 1.165) is 5.69 Å². The summed E-state index contributed by atoms with van der Waals surface area (Å²) in [5.74, 6) is -1.04. The fourth-order valence-electron chi connectivity index (χ4n) is 2.49. The summed E-state index contributed by atoms with van der Waals surface area (Å²) in [6.45, 7) is 5.33. The third-order valence-corrected chi connectivity index (χ3v) is 5.26. The number of aryl methyl sites for hydroxylation is 1. The van der Waals surface area contributed by atoms with Crippen LogP contribution in [-0.4, -0.2) is 20.9 Å². The molecule has 0 radical (unpaired) electrons. The topological polar surface area (TPSA) is 87.7 Å². The summed E-state index contributed by atoms with van der Waals surface area (Å²) in [7, 11) is 0. The van der Waals surface area contributed by atoms with Gasteiger partial charge in [0.1, 0.15) is 22.3 Å². The molecule has 0 unspecified atom stereocenters. The summed E-state index contributed by atoms with van der Waals surface area (Å²) in [5, 5.41) is 5.16. The lowest BCUT2D eigenvalue weighted by Crippen LogP contribution is -2.27. The van der Waals surface area contributed by atoms with Crippen molar-refractivity contribution >= 4 is 28.8 Å². The number of aromatic nitrogens is 3. The molecule has 146 valence electrons. The van der Waals surface area contributed by atoms with Crippen molar-refractivity contribution in [1.82, 2.24) is 20.3 Å². The highest BCUT2D eigenvalue weighted by Gasteiger charge is 2.19. The number of nitrogens with zero attached hydrogens (tertiary/aromatic N) is 2. The van der Waals surface area contributed by atoms with Gasteiger partial charge in [-0.05, 0) is 13.0 Å². The van der Waals surface area contributed by atoms with Crippen molar-refractivity contribution in [2.45, 2.75) is 27.3 Å². The van der Waals surface area contributed by atoms with Gasteiger partial charge < -0.3 is 10.3 Å². The molecule has 28 heavy (non-hydrogen) atoms. The van der Waals surface area contributed by atoms with Crippen LogP contribution < -0.4 is 10.9 Å². The molecule has 0 saturated heterocycles. The molecular formula is C19H18ClFN4O2S. The predicted molar refractivity (Wildman–Crippen MR) is 108 cm³/mol. The molecule has 2 N–H and O–H groups in total. The highest BCUT2D eigenvalue weighted by molar-refractivity contribution is 7.13. The van der Waals surface area contributed by atoms with Crippen LogP contribution in [-0.2, 0) is 11.3 Å². The molecule has 0 aliphatic carbocycles. The van der Waals surface area contributed by atoms with Crippen molar-refractivity contribution in [2.24, 2.45) is 5.92 Å². The van der Waals surface area contributed by atoms with Crippen LogP contribution in [0.4, 0.5) is 4.39 Å². The smallest absolute Gasteiger partial charge is 0.251 e. The molecule has 2 heterocycles. The monoisotopic (exact) mass is 420 g/mol. The molecule has 1 amide bonds. The zero-order chi connectivity index (χ0) is 20.4. The molecular weight excluding hydrogens is 403 g/mol. The number of benzene rings is 1. The van der Waals surface area contributed by atoms with Crippen LogP contribution in [0.15, 0.2) is 28.4 Å². The van der Waals surface area contributed by atoms with Gasteiger partial charge in [-0.2, -0.15) is 0 Å². The molecule has 0 spiro atoms. The van der Waals surface area contributed by atoms with Gasteiger partial charge in [0.25, 0.3) is 5.56 Å². The van der Waals surface area contributed by atoms with Gasteiger partial charge in [0, 0.05) is 35.2 Å². The number of amides is 1. The minimum atomic E-state index is -0.646. The van der Waals surface area contributed by atoms with Crippen LogP contribution in [0.1, 0.15) is 25.1 Å². The average Bonchev–Trinajstić information content (AvgIpc) is 3.07. The molecule has 3 aromatic rings. The van der Waals surface area contributed by atoms with E-state index in [1.807, 2.05) is 12.3 Å². The van der Waals surface area contributed by atoms with E-state index in [0.29, 0.717) is 10.7 Å². The molecule has 1 aromatic carbocycles. The van der Waals surface area contributed by atoms with Crippen LogP contribution in [0.25, 0.3) is 22.1 Å². The number of carbonyl (C=O) groups is 1. The predicted octanol–water partition coefficient (Wildman–Crippen LogP) is 3.93. The summed E-state index contributed by atoms with van der Waals surface area (Å²) in [5.41, 5.74) is 0.917. The van der Waals surface area contributed by atoms with Gasteiger partial charge in [-0.25, -0.2) is 14.4 Å². The minimum absolute atomic E-state index is 0.00259. The van der Waals surface area contributed by atoms with Gasteiger partial charge in [-0.15, -0.1) is 11.3 Å². The lowest BCUT2D eigenvalue weighted by molar-refractivity contribution is -0.124. The van der Waals surface area contributed by atoms with Gasteiger partial charge in [-0.1, -0.05) is 31.5 Å². The van der Waals surface area contributed by atoms with E-state index >= 15 is 4.39 Å². The molecule has 2 aromatic heterocycles. The zero-order valence-corrected chi connectivity index (χ0v) is 17.0. The fraction of sp³-hybridized carbons (Fsp3) is 0.263. The van der Waals surface area contributed by atoms with Crippen LogP contribution in [0, 0.1) is 18.7 Å². The largest absolute Gasteiger partial charge is 0.352 e. The van der Waals surface area contributed by atoms with Gasteiger partial charge in [-0.3, -0.25) is 9.59 Å². The van der Waals surface area contributed by atoms with Crippen LogP contribution in [0.5, 0.6) is 0 Å². The summed E-state index contributed by atoms with van der Waals surface area (Å²) in [6.07, 6.45) is 0. The highest BCUT2D eigenvalue weighted by atomic mass is 35.5. The van der Waals surface area contributed by atoms with E-state index in [9.17, 15) is 9.59 Å². The second-order valence-corrected chi connectivity index (χ2v) is 7.81. The number of H-pyrrole nitrogens is 1. The van der Waals surface area contributed by atoms with Crippen molar-refractivity contribution in [3.63, 3.8) is 0 Å². The summed E-state index contributed by atoms with van der Waals surface area (Å²) < 4.78 is 15.1. The normalized spacial score (nSPS) is 11.1. The lowest BCUT2D eigenvalue weighted by atomic mass is 10.1. The Morgan fingerprint density at radius 2 is 2.11 bits per heavy atom. The Kier molecular flexibility index (Phi) is 5.90. The number of carbonyl (C=O) groups excluding carboxylic acids is 1. The molecule has 0 atom stereocenters. The third-order valence-electron chi connectivity index (χ3n) is 3.97.